The van der Waals surface area contributed by atoms with Crippen LogP contribution in [-0.4, -0.2) is 40.1 Å². The molecule has 7 nitrogen and oxygen atoms in total. The minimum absolute atomic E-state index is 0. The van der Waals surface area contributed by atoms with E-state index in [2.05, 4.69) is 10.0 Å². The van der Waals surface area contributed by atoms with E-state index in [-0.39, 0.29) is 41.0 Å². The fraction of sp³-hybridized carbons (Fsp3) is 0.632. The van der Waals surface area contributed by atoms with Crippen molar-refractivity contribution in [3.05, 3.63) is 23.8 Å². The van der Waals surface area contributed by atoms with E-state index in [0.29, 0.717) is 18.0 Å². The standard InChI is InChI=1S/C19H29N3O4S.ClH/c1-26-17-10-7-14(11-18(17)27(24,25)22-15-8-9-15)19(23)21-16(12-20)13-5-3-2-4-6-13;/h7,10-11,13,15-16,22H,2-6,8-9,12,20H2,1H3,(H,21,23);1H. The lowest BCUT2D eigenvalue weighted by Gasteiger charge is -2.30. The molecular formula is C19H30ClN3O4S. The van der Waals surface area contributed by atoms with Crippen LogP contribution in [0.1, 0.15) is 55.3 Å². The zero-order valence-electron chi connectivity index (χ0n) is 16.1. The summed E-state index contributed by atoms with van der Waals surface area (Å²) in [6, 6.07) is 4.37. The highest BCUT2D eigenvalue weighted by Gasteiger charge is 2.31. The first kappa shape index (κ1) is 22.9. The van der Waals surface area contributed by atoms with Crippen molar-refractivity contribution in [2.75, 3.05) is 13.7 Å². The highest BCUT2D eigenvalue weighted by Crippen LogP contribution is 2.29. The molecule has 1 amide bonds. The highest BCUT2D eigenvalue weighted by molar-refractivity contribution is 7.89. The fourth-order valence-electron chi connectivity index (χ4n) is 3.67. The smallest absolute Gasteiger partial charge is 0.251 e. The van der Waals surface area contributed by atoms with E-state index in [1.54, 1.807) is 6.07 Å². The SMILES string of the molecule is COc1ccc(C(=O)NC(CN)C2CCCCC2)cc1S(=O)(=O)NC1CC1.Cl. The average Bonchev–Trinajstić information content (AvgIpc) is 3.49. The third-order valence-electron chi connectivity index (χ3n) is 5.40. The Morgan fingerprint density at radius 1 is 1.21 bits per heavy atom. The van der Waals surface area contributed by atoms with Gasteiger partial charge >= 0.3 is 0 Å². The predicted octanol–water partition coefficient (Wildman–Crippen LogP) is 2.20. The quantitative estimate of drug-likeness (QED) is 0.584. The number of hydrogen-bond donors (Lipinski definition) is 3. The number of carbonyl (C=O) groups excluding carboxylic acids is 1. The third kappa shape index (κ3) is 5.59. The summed E-state index contributed by atoms with van der Waals surface area (Å²) in [4.78, 5) is 12.7. The van der Waals surface area contributed by atoms with Crippen LogP contribution in [0.25, 0.3) is 0 Å². The van der Waals surface area contributed by atoms with Crippen LogP contribution in [0.15, 0.2) is 23.1 Å². The Kier molecular flexibility index (Phi) is 8.12. The van der Waals surface area contributed by atoms with Gasteiger partial charge in [-0.25, -0.2) is 13.1 Å². The van der Waals surface area contributed by atoms with Crippen LogP contribution in [-0.2, 0) is 10.0 Å². The van der Waals surface area contributed by atoms with Crippen LogP contribution >= 0.6 is 12.4 Å². The van der Waals surface area contributed by atoms with Crippen molar-refractivity contribution in [1.82, 2.24) is 10.0 Å². The molecule has 0 radical (unpaired) electrons. The van der Waals surface area contributed by atoms with E-state index in [9.17, 15) is 13.2 Å². The second kappa shape index (κ2) is 9.91. The lowest BCUT2D eigenvalue weighted by molar-refractivity contribution is 0.0915. The predicted molar refractivity (Wildman–Crippen MR) is 110 cm³/mol. The molecule has 1 atom stereocenters. The van der Waals surface area contributed by atoms with Gasteiger partial charge in [0.2, 0.25) is 10.0 Å². The van der Waals surface area contributed by atoms with Crippen LogP contribution in [0.5, 0.6) is 5.75 Å². The molecule has 1 unspecified atom stereocenters. The molecule has 3 rings (SSSR count). The first-order valence-electron chi connectivity index (χ1n) is 9.66. The summed E-state index contributed by atoms with van der Waals surface area (Å²) in [7, 11) is -2.31. The van der Waals surface area contributed by atoms with Crippen LogP contribution in [0.4, 0.5) is 0 Å². The van der Waals surface area contributed by atoms with Crippen molar-refractivity contribution >= 4 is 28.3 Å². The number of carbonyl (C=O) groups is 1. The largest absolute Gasteiger partial charge is 0.495 e. The first-order valence-corrected chi connectivity index (χ1v) is 11.1. The van der Waals surface area contributed by atoms with Gasteiger partial charge in [0.05, 0.1) is 7.11 Å². The highest BCUT2D eigenvalue weighted by atomic mass is 35.5. The Hall–Kier alpha value is -1.35. The summed E-state index contributed by atoms with van der Waals surface area (Å²) in [5.41, 5.74) is 6.19. The number of hydrogen-bond acceptors (Lipinski definition) is 5. The summed E-state index contributed by atoms with van der Waals surface area (Å²) < 4.78 is 33.1. The Balaban J connectivity index is 0.00000280. The van der Waals surface area contributed by atoms with E-state index in [4.69, 9.17) is 10.5 Å². The lowest BCUT2D eigenvalue weighted by Crippen LogP contribution is -2.46. The molecule has 0 bridgehead atoms. The van der Waals surface area contributed by atoms with E-state index >= 15 is 0 Å². The van der Waals surface area contributed by atoms with Crippen molar-refractivity contribution in [3.8, 4) is 5.75 Å². The molecule has 2 fully saturated rings. The molecule has 2 aliphatic carbocycles. The van der Waals surface area contributed by atoms with Gasteiger partial charge in [0, 0.05) is 24.2 Å². The number of amides is 1. The molecule has 2 aliphatic rings. The molecule has 9 heteroatoms. The van der Waals surface area contributed by atoms with Gasteiger partial charge in [-0.15, -0.1) is 12.4 Å². The molecule has 0 aliphatic heterocycles. The number of nitrogens with two attached hydrogens (primary N) is 1. The minimum atomic E-state index is -3.73. The number of methoxy groups -OCH3 is 1. The van der Waals surface area contributed by atoms with E-state index in [0.717, 1.165) is 38.5 Å². The van der Waals surface area contributed by atoms with Crippen molar-refractivity contribution in [2.45, 2.75) is 61.9 Å². The number of nitrogens with one attached hydrogen (secondary N) is 2. The molecule has 0 spiro atoms. The van der Waals surface area contributed by atoms with Gasteiger partial charge < -0.3 is 15.8 Å². The van der Waals surface area contributed by atoms with Crippen LogP contribution < -0.4 is 20.5 Å². The molecule has 0 aromatic heterocycles. The molecule has 0 saturated heterocycles. The number of sulfonamides is 1. The van der Waals surface area contributed by atoms with Crippen molar-refractivity contribution in [1.29, 1.82) is 0 Å². The van der Waals surface area contributed by atoms with Gasteiger partial charge in [0.1, 0.15) is 10.6 Å². The van der Waals surface area contributed by atoms with Crippen LogP contribution in [0.2, 0.25) is 0 Å². The third-order valence-corrected chi connectivity index (χ3v) is 6.95. The van der Waals surface area contributed by atoms with Gasteiger partial charge in [-0.3, -0.25) is 4.79 Å². The molecule has 0 heterocycles. The van der Waals surface area contributed by atoms with Gasteiger partial charge in [-0.05, 0) is 49.8 Å². The summed E-state index contributed by atoms with van der Waals surface area (Å²) in [5.74, 6) is 0.301. The zero-order valence-corrected chi connectivity index (χ0v) is 17.8. The Morgan fingerprint density at radius 2 is 1.89 bits per heavy atom. The number of halogens is 1. The van der Waals surface area contributed by atoms with Crippen molar-refractivity contribution in [2.24, 2.45) is 11.7 Å². The van der Waals surface area contributed by atoms with Gasteiger partial charge in [0.15, 0.2) is 0 Å². The van der Waals surface area contributed by atoms with E-state index in [1.807, 2.05) is 0 Å². The maximum absolute atomic E-state index is 12.7. The summed E-state index contributed by atoms with van der Waals surface area (Å²) >= 11 is 0. The Bertz CT molecular complexity index is 777. The minimum Gasteiger partial charge on any atom is -0.495 e. The number of ether oxygens (including phenoxy) is 1. The van der Waals surface area contributed by atoms with E-state index in [1.165, 1.54) is 25.7 Å². The molecule has 158 valence electrons. The normalized spacial score (nSPS) is 18.8. The van der Waals surface area contributed by atoms with Gasteiger partial charge in [-0.2, -0.15) is 0 Å². The topological polar surface area (TPSA) is 111 Å². The monoisotopic (exact) mass is 431 g/mol. The second-order valence-electron chi connectivity index (χ2n) is 7.47. The summed E-state index contributed by atoms with van der Waals surface area (Å²) in [5, 5.41) is 3.00. The molecule has 2 saturated carbocycles. The number of rotatable bonds is 8. The maximum atomic E-state index is 12.7. The summed E-state index contributed by atoms with van der Waals surface area (Å²) in [6.45, 7) is 0.376. The van der Waals surface area contributed by atoms with Crippen LogP contribution in [0, 0.1) is 5.92 Å². The molecule has 1 aromatic carbocycles. The van der Waals surface area contributed by atoms with Gasteiger partial charge in [0.25, 0.3) is 5.91 Å². The molecule has 4 N–H and O–H groups in total. The Labute approximate surface area is 173 Å². The molecule has 1 aromatic rings. The van der Waals surface area contributed by atoms with Crippen molar-refractivity contribution < 1.29 is 17.9 Å². The zero-order chi connectivity index (χ0) is 19.4. The Morgan fingerprint density at radius 3 is 2.46 bits per heavy atom. The van der Waals surface area contributed by atoms with E-state index < -0.39 is 10.0 Å². The van der Waals surface area contributed by atoms with Crippen LogP contribution in [0.3, 0.4) is 0 Å². The maximum Gasteiger partial charge on any atom is 0.251 e. The van der Waals surface area contributed by atoms with Crippen molar-refractivity contribution in [3.63, 3.8) is 0 Å². The molecule has 28 heavy (non-hydrogen) atoms. The fourth-order valence-corrected chi connectivity index (χ4v) is 5.17. The second-order valence-corrected chi connectivity index (χ2v) is 9.16. The lowest BCUT2D eigenvalue weighted by atomic mass is 9.84. The van der Waals surface area contributed by atoms with Gasteiger partial charge in [-0.1, -0.05) is 19.3 Å². The summed E-state index contributed by atoms with van der Waals surface area (Å²) in [6.07, 6.45) is 7.35. The first-order chi connectivity index (χ1) is 12.9. The molecular weight excluding hydrogens is 402 g/mol. The average molecular weight is 432 g/mol. The number of benzene rings is 1.